The minimum Gasteiger partial charge on any atom is -0.369 e. The Labute approximate surface area is 336 Å². The molecule has 0 atom stereocenters. The Bertz CT molecular complexity index is 1890. The maximum Gasteiger partial charge on any atom is 0.416 e. The normalized spacial score (nSPS) is 15.4. The molecule has 2 aromatic heterocycles. The molecule has 2 aliphatic rings. The van der Waals surface area contributed by atoms with Crippen molar-refractivity contribution in [1.82, 2.24) is 29.7 Å². The number of aryl methyl sites for hydroxylation is 2. The first-order valence-electron chi connectivity index (χ1n) is 19.6. The second kappa shape index (κ2) is 22.2. The molecule has 0 radical (unpaired) electrons. The zero-order chi connectivity index (χ0) is 39.8. The molecule has 0 amide bonds. The van der Waals surface area contributed by atoms with Gasteiger partial charge in [0, 0.05) is 99.8 Å². The fourth-order valence-corrected chi connectivity index (χ4v) is 8.46. The van der Waals surface area contributed by atoms with E-state index in [4.69, 9.17) is 0 Å². The molecule has 2 fully saturated rings. The number of nitrogens with one attached hydrogen (secondary N) is 2. The topological polar surface area (TPSA) is 104 Å². The second-order valence-corrected chi connectivity index (χ2v) is 16.5. The number of thioether (sulfide) groups is 2. The zero-order valence-corrected chi connectivity index (χ0v) is 34.2. The molecule has 10 nitrogen and oxygen atoms in total. The van der Waals surface area contributed by atoms with Crippen LogP contribution in [0.5, 0.6) is 0 Å². The number of piperazine rings is 2. The van der Waals surface area contributed by atoms with Gasteiger partial charge < -0.3 is 19.8 Å². The first-order chi connectivity index (χ1) is 27.0. The van der Waals surface area contributed by atoms with Gasteiger partial charge in [-0.1, -0.05) is 54.9 Å². The summed E-state index contributed by atoms with van der Waals surface area (Å²) in [5.74, 6) is 1.87. The smallest absolute Gasteiger partial charge is 0.369 e. The Morgan fingerprint density at radius 1 is 0.607 bits per heavy atom. The van der Waals surface area contributed by atoms with E-state index in [0.29, 0.717) is 29.5 Å². The highest BCUT2D eigenvalue weighted by Gasteiger charge is 2.31. The fourth-order valence-electron chi connectivity index (χ4n) is 6.84. The molecule has 15 heteroatoms. The molecule has 0 bridgehead atoms. The Morgan fingerprint density at radius 3 is 1.70 bits per heavy atom. The number of halogens is 3. The molecule has 6 rings (SSSR count). The van der Waals surface area contributed by atoms with Crippen molar-refractivity contribution in [3.8, 4) is 0 Å². The molecule has 304 valence electrons. The number of unbranched alkanes of at least 4 members (excludes halogenated alkanes) is 4. The lowest BCUT2D eigenvalue weighted by Crippen LogP contribution is -2.46. The van der Waals surface area contributed by atoms with E-state index in [0.717, 1.165) is 55.8 Å². The lowest BCUT2D eigenvalue weighted by Gasteiger charge is -2.36. The number of hydrogen-bond acceptors (Lipinski definition) is 10. The van der Waals surface area contributed by atoms with Crippen LogP contribution in [0.2, 0.25) is 0 Å². The third kappa shape index (κ3) is 14.9. The van der Waals surface area contributed by atoms with Gasteiger partial charge >= 0.3 is 6.18 Å². The third-order valence-corrected chi connectivity index (χ3v) is 11.8. The first kappa shape index (κ1) is 43.3. The lowest BCUT2D eigenvalue weighted by atomic mass is 10.1. The van der Waals surface area contributed by atoms with Crippen molar-refractivity contribution < 1.29 is 13.2 Å². The van der Waals surface area contributed by atoms with Gasteiger partial charge in [0.05, 0.1) is 5.56 Å². The highest BCUT2D eigenvalue weighted by Crippen LogP contribution is 2.33. The van der Waals surface area contributed by atoms with Gasteiger partial charge in [0.25, 0.3) is 11.1 Å². The predicted molar refractivity (Wildman–Crippen MR) is 224 cm³/mol. The molecule has 0 saturated carbocycles. The van der Waals surface area contributed by atoms with Crippen LogP contribution in [0.1, 0.15) is 55.2 Å². The average molecular weight is 813 g/mol. The highest BCUT2D eigenvalue weighted by molar-refractivity contribution is 7.99. The maximum absolute atomic E-state index is 13.0. The number of benzene rings is 2. The quantitative estimate of drug-likeness (QED) is 0.0679. The van der Waals surface area contributed by atoms with E-state index in [9.17, 15) is 22.8 Å². The van der Waals surface area contributed by atoms with E-state index in [1.807, 2.05) is 11.0 Å². The number of hydrogen-bond donors (Lipinski definition) is 2. The Balaban J connectivity index is 0.000000214. The molecule has 56 heavy (non-hydrogen) atoms. The zero-order valence-electron chi connectivity index (χ0n) is 32.5. The summed E-state index contributed by atoms with van der Waals surface area (Å²) in [5, 5.41) is 1.36. The summed E-state index contributed by atoms with van der Waals surface area (Å²) in [7, 11) is 0. The van der Waals surface area contributed by atoms with E-state index >= 15 is 0 Å². The maximum atomic E-state index is 13.0. The third-order valence-electron chi connectivity index (χ3n) is 9.88. The summed E-state index contributed by atoms with van der Waals surface area (Å²) in [5.41, 5.74) is 3.16. The van der Waals surface area contributed by atoms with Crippen LogP contribution < -0.4 is 20.9 Å². The van der Waals surface area contributed by atoms with E-state index < -0.39 is 11.7 Å². The summed E-state index contributed by atoms with van der Waals surface area (Å²) < 4.78 is 39.1. The van der Waals surface area contributed by atoms with Crippen LogP contribution in [0, 0.1) is 13.8 Å². The van der Waals surface area contributed by atoms with E-state index in [1.54, 1.807) is 24.9 Å². The van der Waals surface area contributed by atoms with Crippen LogP contribution in [0.3, 0.4) is 0 Å². The first-order valence-corrected chi connectivity index (χ1v) is 21.6. The number of rotatable bonds is 16. The standard InChI is InChI=1S/C22H32N4OS.C19H23F3N4OS/c1-19-8-7-9-20(18-19)26-15-13-25(14-16-26)12-5-3-2-4-6-17-28-22-23-11-10-21(27)24-22;1-14-11-15(19(20,21)22)13-16(12-14)26-8-6-25(7-9-26)5-2-10-28-18-23-4-3-17(27)24-18/h7-11,18H,2-6,12-17H2,1H3,(H,23,24,27);3-4,11-13H,2,5-10H2,1H3,(H,23,24,27). The Morgan fingerprint density at radius 2 is 1.12 bits per heavy atom. The molecule has 0 unspecified atom stereocenters. The van der Waals surface area contributed by atoms with Gasteiger partial charge in [-0.3, -0.25) is 19.4 Å². The van der Waals surface area contributed by atoms with Gasteiger partial charge in [0.2, 0.25) is 0 Å². The van der Waals surface area contributed by atoms with E-state index in [-0.39, 0.29) is 11.1 Å². The largest absolute Gasteiger partial charge is 0.416 e. The number of nitrogens with zero attached hydrogens (tertiary/aromatic N) is 6. The summed E-state index contributed by atoms with van der Waals surface area (Å²) in [4.78, 5) is 45.6. The fraction of sp³-hybridized carbons (Fsp3) is 0.512. The molecule has 2 N–H and O–H groups in total. The van der Waals surface area contributed by atoms with Crippen LogP contribution in [0.4, 0.5) is 24.5 Å². The molecular formula is C41H55F3N8O2S2. The van der Waals surface area contributed by atoms with Crippen molar-refractivity contribution in [2.75, 3.05) is 86.8 Å². The van der Waals surface area contributed by atoms with Gasteiger partial charge in [-0.05, 0) is 87.7 Å². The molecule has 4 heterocycles. The van der Waals surface area contributed by atoms with Crippen LogP contribution in [0.15, 0.2) is 86.9 Å². The molecule has 2 aliphatic heterocycles. The second-order valence-electron chi connectivity index (χ2n) is 14.3. The Kier molecular flexibility index (Phi) is 17.2. The molecule has 4 aromatic rings. The van der Waals surface area contributed by atoms with Gasteiger partial charge in [-0.25, -0.2) is 9.97 Å². The number of H-pyrrole nitrogens is 2. The van der Waals surface area contributed by atoms with Crippen LogP contribution >= 0.6 is 23.5 Å². The van der Waals surface area contributed by atoms with Crippen molar-refractivity contribution in [2.24, 2.45) is 0 Å². The number of aromatic amines is 2. The van der Waals surface area contributed by atoms with Crippen LogP contribution in [-0.4, -0.2) is 107 Å². The van der Waals surface area contributed by atoms with Crippen molar-refractivity contribution in [3.63, 3.8) is 0 Å². The molecular weight excluding hydrogens is 758 g/mol. The molecule has 0 spiro atoms. The Hall–Kier alpha value is -3.79. The summed E-state index contributed by atoms with van der Waals surface area (Å²) >= 11 is 3.16. The summed E-state index contributed by atoms with van der Waals surface area (Å²) in [6.07, 6.45) is 6.03. The molecule has 2 saturated heterocycles. The SMILES string of the molecule is Cc1cc(N2CCN(CCCSc3nccc(=O)[nH]3)CC2)cc(C(F)(F)F)c1.Cc1cccc(N2CCN(CCCCCCCSc3nccc(=O)[nH]3)CC2)c1. The number of aromatic nitrogens is 4. The van der Waals surface area contributed by atoms with Crippen molar-refractivity contribution >= 4 is 34.9 Å². The molecule has 0 aliphatic carbocycles. The van der Waals surface area contributed by atoms with Gasteiger partial charge in [-0.2, -0.15) is 13.2 Å². The summed E-state index contributed by atoms with van der Waals surface area (Å²) in [6, 6.07) is 15.9. The average Bonchev–Trinajstić information content (AvgIpc) is 3.18. The number of alkyl halides is 3. The monoisotopic (exact) mass is 812 g/mol. The van der Waals surface area contributed by atoms with Gasteiger partial charge in [0.1, 0.15) is 0 Å². The van der Waals surface area contributed by atoms with E-state index in [1.165, 1.54) is 105 Å². The summed E-state index contributed by atoms with van der Waals surface area (Å²) in [6.45, 7) is 13.7. The van der Waals surface area contributed by atoms with E-state index in [2.05, 4.69) is 65.8 Å². The molecule has 2 aromatic carbocycles. The van der Waals surface area contributed by atoms with Crippen molar-refractivity contribution in [1.29, 1.82) is 0 Å². The van der Waals surface area contributed by atoms with Gasteiger partial charge in [-0.15, -0.1) is 0 Å². The number of anilines is 2. The van der Waals surface area contributed by atoms with Crippen LogP contribution in [-0.2, 0) is 6.18 Å². The van der Waals surface area contributed by atoms with Crippen molar-refractivity contribution in [2.45, 2.75) is 68.9 Å². The highest BCUT2D eigenvalue weighted by atomic mass is 32.2. The van der Waals surface area contributed by atoms with Crippen molar-refractivity contribution in [3.05, 3.63) is 104 Å². The minimum absolute atomic E-state index is 0.0720. The van der Waals surface area contributed by atoms with Crippen LogP contribution in [0.25, 0.3) is 0 Å². The lowest BCUT2D eigenvalue weighted by molar-refractivity contribution is -0.137. The predicted octanol–water partition coefficient (Wildman–Crippen LogP) is 7.34. The minimum atomic E-state index is -4.32. The van der Waals surface area contributed by atoms with Gasteiger partial charge in [0.15, 0.2) is 10.3 Å².